The lowest BCUT2D eigenvalue weighted by molar-refractivity contribution is 0.309. The zero-order valence-electron chi connectivity index (χ0n) is 9.18. The summed E-state index contributed by atoms with van der Waals surface area (Å²) in [5.74, 6) is 0.871. The fraction of sp³-hybridized carbons (Fsp3) is 0.500. The van der Waals surface area contributed by atoms with Crippen molar-refractivity contribution in [2.24, 2.45) is 5.92 Å². The lowest BCUT2D eigenvalue weighted by Crippen LogP contribution is -2.33. The number of anilines is 2. The van der Waals surface area contributed by atoms with Crippen molar-refractivity contribution in [3.05, 3.63) is 22.2 Å². The smallest absolute Gasteiger partial charge is 0.0490 e. The highest BCUT2D eigenvalue weighted by Crippen LogP contribution is 2.33. The minimum atomic E-state index is 0.638. The van der Waals surface area contributed by atoms with E-state index in [1.807, 2.05) is 13.0 Å². The molecule has 2 nitrogen and oxygen atoms in total. The number of halogens is 1. The molecular formula is C12H17BrN2. The molecule has 1 aliphatic carbocycles. The Kier molecular flexibility index (Phi) is 2.91. The molecule has 82 valence electrons. The molecule has 1 fully saturated rings. The summed E-state index contributed by atoms with van der Waals surface area (Å²) in [6.07, 6.45) is 2.55. The summed E-state index contributed by atoms with van der Waals surface area (Å²) in [6.45, 7) is 4.33. The van der Waals surface area contributed by atoms with Crippen molar-refractivity contribution in [3.63, 3.8) is 0 Å². The fourth-order valence-electron chi connectivity index (χ4n) is 2.05. The maximum Gasteiger partial charge on any atom is 0.0490 e. The molecule has 1 aliphatic rings. The summed E-state index contributed by atoms with van der Waals surface area (Å²) in [4.78, 5) is 0. The van der Waals surface area contributed by atoms with E-state index in [1.54, 1.807) is 0 Å². The second kappa shape index (κ2) is 4.05. The average Bonchev–Trinajstić information content (AvgIpc) is 2.11. The van der Waals surface area contributed by atoms with Crippen LogP contribution in [0.5, 0.6) is 0 Å². The van der Waals surface area contributed by atoms with E-state index in [-0.39, 0.29) is 0 Å². The highest BCUT2D eigenvalue weighted by atomic mass is 79.9. The van der Waals surface area contributed by atoms with E-state index in [0.29, 0.717) is 6.04 Å². The number of nitrogens with two attached hydrogens (primary N) is 1. The van der Waals surface area contributed by atoms with Crippen LogP contribution in [-0.4, -0.2) is 6.04 Å². The van der Waals surface area contributed by atoms with Crippen molar-refractivity contribution in [2.75, 3.05) is 11.1 Å². The molecule has 0 spiro atoms. The molecule has 2 rings (SSSR count). The maximum absolute atomic E-state index is 5.83. The number of hydrogen-bond acceptors (Lipinski definition) is 2. The van der Waals surface area contributed by atoms with Gasteiger partial charge in [-0.25, -0.2) is 0 Å². The number of benzene rings is 1. The normalized spacial score (nSPS) is 24.7. The summed E-state index contributed by atoms with van der Waals surface area (Å²) in [7, 11) is 0. The highest BCUT2D eigenvalue weighted by Gasteiger charge is 2.25. The van der Waals surface area contributed by atoms with Crippen LogP contribution in [0.1, 0.15) is 25.3 Å². The molecule has 3 heteroatoms. The lowest BCUT2D eigenvalue weighted by Gasteiger charge is -2.34. The lowest BCUT2D eigenvalue weighted by atomic mass is 9.82. The van der Waals surface area contributed by atoms with Crippen molar-refractivity contribution < 1.29 is 0 Å². The van der Waals surface area contributed by atoms with Crippen LogP contribution >= 0.6 is 15.9 Å². The van der Waals surface area contributed by atoms with Crippen LogP contribution in [0.3, 0.4) is 0 Å². The van der Waals surface area contributed by atoms with Gasteiger partial charge in [0.1, 0.15) is 0 Å². The molecule has 0 atom stereocenters. The Morgan fingerprint density at radius 3 is 2.67 bits per heavy atom. The van der Waals surface area contributed by atoms with E-state index >= 15 is 0 Å². The van der Waals surface area contributed by atoms with Gasteiger partial charge in [0, 0.05) is 21.9 Å². The third kappa shape index (κ3) is 2.28. The highest BCUT2D eigenvalue weighted by molar-refractivity contribution is 9.10. The van der Waals surface area contributed by atoms with E-state index in [4.69, 9.17) is 5.73 Å². The Hall–Kier alpha value is -0.700. The molecule has 0 unspecified atom stereocenters. The summed E-state index contributed by atoms with van der Waals surface area (Å²) in [6, 6.07) is 4.72. The predicted octanol–water partition coefficient (Wildman–Crippen LogP) is 3.55. The van der Waals surface area contributed by atoms with Crippen LogP contribution in [0, 0.1) is 12.8 Å². The third-order valence-corrected chi connectivity index (χ3v) is 3.75. The minimum absolute atomic E-state index is 0.638. The van der Waals surface area contributed by atoms with Gasteiger partial charge >= 0.3 is 0 Å². The van der Waals surface area contributed by atoms with Crippen molar-refractivity contribution >= 4 is 27.3 Å². The molecule has 0 aliphatic heterocycles. The van der Waals surface area contributed by atoms with E-state index in [2.05, 4.69) is 34.2 Å². The zero-order chi connectivity index (χ0) is 11.0. The molecule has 0 bridgehead atoms. The molecule has 0 amide bonds. The molecule has 3 N–H and O–H groups in total. The first-order valence-corrected chi connectivity index (χ1v) is 6.17. The predicted molar refractivity (Wildman–Crippen MR) is 69.1 cm³/mol. The molecule has 1 aromatic rings. The summed E-state index contributed by atoms with van der Waals surface area (Å²) in [5, 5.41) is 3.54. The number of rotatable bonds is 2. The molecule has 1 aromatic carbocycles. The molecule has 1 saturated carbocycles. The number of nitrogens with one attached hydrogen (secondary N) is 1. The Morgan fingerprint density at radius 1 is 1.40 bits per heavy atom. The van der Waals surface area contributed by atoms with Crippen LogP contribution in [0.4, 0.5) is 11.4 Å². The quantitative estimate of drug-likeness (QED) is 0.806. The topological polar surface area (TPSA) is 38.0 Å². The Morgan fingerprint density at radius 2 is 2.07 bits per heavy atom. The first-order chi connectivity index (χ1) is 7.06. The molecule has 15 heavy (non-hydrogen) atoms. The van der Waals surface area contributed by atoms with Gasteiger partial charge in [0.15, 0.2) is 0 Å². The maximum atomic E-state index is 5.83. The largest absolute Gasteiger partial charge is 0.398 e. The van der Waals surface area contributed by atoms with Gasteiger partial charge in [-0.05, 0) is 59.3 Å². The van der Waals surface area contributed by atoms with Crippen LogP contribution in [0.15, 0.2) is 16.6 Å². The number of hydrogen-bond donors (Lipinski definition) is 2. The summed E-state index contributed by atoms with van der Waals surface area (Å²) < 4.78 is 1.06. The van der Waals surface area contributed by atoms with Gasteiger partial charge < -0.3 is 11.1 Å². The SMILES string of the molecule is Cc1cc(NC2CC(C)C2)c(Br)cc1N. The van der Waals surface area contributed by atoms with Crippen molar-refractivity contribution in [2.45, 2.75) is 32.7 Å². The standard InChI is InChI=1S/C12H17BrN2/c1-7-3-9(4-7)15-12-5-8(2)11(14)6-10(12)13/h5-7,9,15H,3-4,14H2,1-2H3. The second-order valence-corrected chi connectivity index (χ2v) is 5.46. The van der Waals surface area contributed by atoms with Crippen molar-refractivity contribution in [3.8, 4) is 0 Å². The van der Waals surface area contributed by atoms with E-state index in [0.717, 1.165) is 21.6 Å². The van der Waals surface area contributed by atoms with Gasteiger partial charge in [-0.1, -0.05) is 6.92 Å². The Bertz CT molecular complexity index is 370. The van der Waals surface area contributed by atoms with Crippen molar-refractivity contribution in [1.82, 2.24) is 0 Å². The summed E-state index contributed by atoms with van der Waals surface area (Å²) in [5.41, 5.74) is 8.97. The van der Waals surface area contributed by atoms with E-state index in [1.165, 1.54) is 18.5 Å². The summed E-state index contributed by atoms with van der Waals surface area (Å²) >= 11 is 3.54. The molecule has 0 aromatic heterocycles. The van der Waals surface area contributed by atoms with Gasteiger partial charge in [0.2, 0.25) is 0 Å². The van der Waals surface area contributed by atoms with Crippen molar-refractivity contribution in [1.29, 1.82) is 0 Å². The Balaban J connectivity index is 2.11. The molecule has 0 radical (unpaired) electrons. The van der Waals surface area contributed by atoms with Gasteiger partial charge in [-0.2, -0.15) is 0 Å². The van der Waals surface area contributed by atoms with Gasteiger partial charge in [0.05, 0.1) is 0 Å². The molecular weight excluding hydrogens is 252 g/mol. The van der Waals surface area contributed by atoms with Crippen LogP contribution in [-0.2, 0) is 0 Å². The van der Waals surface area contributed by atoms with E-state index < -0.39 is 0 Å². The van der Waals surface area contributed by atoms with Gasteiger partial charge in [-0.15, -0.1) is 0 Å². The second-order valence-electron chi connectivity index (χ2n) is 4.61. The average molecular weight is 269 g/mol. The first-order valence-electron chi connectivity index (χ1n) is 5.38. The van der Waals surface area contributed by atoms with Gasteiger partial charge in [-0.3, -0.25) is 0 Å². The monoisotopic (exact) mass is 268 g/mol. The van der Waals surface area contributed by atoms with Gasteiger partial charge in [0.25, 0.3) is 0 Å². The third-order valence-electron chi connectivity index (χ3n) is 3.09. The van der Waals surface area contributed by atoms with E-state index in [9.17, 15) is 0 Å². The minimum Gasteiger partial charge on any atom is -0.398 e. The van der Waals surface area contributed by atoms with Crippen LogP contribution in [0.25, 0.3) is 0 Å². The molecule has 0 saturated heterocycles. The number of nitrogen functional groups attached to an aromatic ring is 1. The number of aryl methyl sites for hydroxylation is 1. The fourth-order valence-corrected chi connectivity index (χ4v) is 2.52. The zero-order valence-corrected chi connectivity index (χ0v) is 10.8. The molecule has 0 heterocycles. The first kappa shape index (κ1) is 10.8. The Labute approximate surface area is 99.4 Å². The van der Waals surface area contributed by atoms with Crippen LogP contribution in [0.2, 0.25) is 0 Å². The van der Waals surface area contributed by atoms with Crippen LogP contribution < -0.4 is 11.1 Å².